The van der Waals surface area contributed by atoms with Crippen molar-refractivity contribution in [1.82, 2.24) is 10.2 Å². The quantitative estimate of drug-likeness (QED) is 0.490. The summed E-state index contributed by atoms with van der Waals surface area (Å²) in [7, 11) is 0. The number of aromatic nitrogens is 2. The zero-order chi connectivity index (χ0) is 22.4. The van der Waals surface area contributed by atoms with Crippen LogP contribution >= 0.6 is 23.4 Å². The van der Waals surface area contributed by atoms with Crippen molar-refractivity contribution in [2.24, 2.45) is 0 Å². The molecular weight excluding hydrogens is 457 g/mol. The van der Waals surface area contributed by atoms with E-state index in [9.17, 15) is 18.0 Å². The third-order valence-electron chi connectivity index (χ3n) is 3.60. The summed E-state index contributed by atoms with van der Waals surface area (Å²) in [5.74, 6) is -0.472. The van der Waals surface area contributed by atoms with Crippen LogP contribution in [-0.2, 0) is 4.79 Å². The van der Waals surface area contributed by atoms with Gasteiger partial charge in [0.05, 0.1) is 11.3 Å². The van der Waals surface area contributed by atoms with E-state index in [1.54, 1.807) is 30.3 Å². The zero-order valence-electron chi connectivity index (χ0n) is 15.4. The van der Waals surface area contributed by atoms with Crippen LogP contribution in [0.15, 0.2) is 52.1 Å². The molecule has 0 radical (unpaired) electrons. The molecule has 2 aromatic carbocycles. The summed E-state index contributed by atoms with van der Waals surface area (Å²) in [5, 5.41) is 20.1. The Labute approximate surface area is 183 Å². The van der Waals surface area contributed by atoms with Gasteiger partial charge in [-0.15, -0.1) is 10.2 Å². The average Bonchev–Trinajstić information content (AvgIpc) is 3.20. The monoisotopic (exact) mass is 468 g/mol. The Kier molecular flexibility index (Phi) is 7.04. The van der Waals surface area contributed by atoms with E-state index < -0.39 is 18.7 Å². The number of alkyl halides is 3. The number of nitrogens with zero attached hydrogens (tertiary/aromatic N) is 3. The molecule has 0 saturated carbocycles. The Morgan fingerprint density at radius 2 is 1.97 bits per heavy atom. The molecule has 3 aromatic rings. The number of carbonyl (C=O) groups excluding carboxylic acids is 1. The lowest BCUT2D eigenvalue weighted by atomic mass is 10.2. The number of hydrogen-bond acceptors (Lipinski definition) is 7. The minimum atomic E-state index is -4.53. The first-order valence-electron chi connectivity index (χ1n) is 8.49. The van der Waals surface area contributed by atoms with E-state index in [1.165, 1.54) is 18.2 Å². The molecule has 0 aliphatic heterocycles. The molecule has 0 aliphatic rings. The second-order valence-electron chi connectivity index (χ2n) is 5.94. The molecule has 1 aromatic heterocycles. The van der Waals surface area contributed by atoms with E-state index in [2.05, 4.69) is 20.3 Å². The Morgan fingerprint density at radius 1 is 1.23 bits per heavy atom. The Balaban J connectivity index is 1.56. The summed E-state index contributed by atoms with van der Waals surface area (Å²) in [5.41, 5.74) is 0.762. The van der Waals surface area contributed by atoms with Gasteiger partial charge in [0.2, 0.25) is 11.8 Å². The number of benzene rings is 2. The number of nitrogens with one attached hydrogen (secondary N) is 1. The van der Waals surface area contributed by atoms with Gasteiger partial charge in [0, 0.05) is 16.3 Å². The van der Waals surface area contributed by atoms with Crippen molar-refractivity contribution in [2.45, 2.75) is 11.4 Å². The van der Waals surface area contributed by atoms with Gasteiger partial charge in [0.25, 0.3) is 5.22 Å². The standard InChI is InChI=1S/C19H12ClF3N4O3S/c20-13-3-1-11(2-4-13)17-26-27-18(30-17)31-9-16(28)25-14-5-6-15(12(7-14)8-24)29-10-19(21,22)23/h1-7H,9-10H2,(H,25,28). The van der Waals surface area contributed by atoms with Gasteiger partial charge in [0.1, 0.15) is 11.8 Å². The molecule has 1 N–H and O–H groups in total. The van der Waals surface area contributed by atoms with E-state index in [1.807, 2.05) is 0 Å². The highest BCUT2D eigenvalue weighted by Crippen LogP contribution is 2.26. The van der Waals surface area contributed by atoms with E-state index in [0.717, 1.165) is 11.8 Å². The second-order valence-corrected chi connectivity index (χ2v) is 7.31. The van der Waals surface area contributed by atoms with E-state index in [4.69, 9.17) is 21.3 Å². The normalized spacial score (nSPS) is 11.1. The number of ether oxygens (including phenoxy) is 1. The fraction of sp³-hybridized carbons (Fsp3) is 0.158. The molecule has 0 saturated heterocycles. The summed E-state index contributed by atoms with van der Waals surface area (Å²) in [6, 6.07) is 12.3. The molecule has 1 amide bonds. The summed E-state index contributed by atoms with van der Waals surface area (Å²) < 4.78 is 46.9. The largest absolute Gasteiger partial charge is 0.483 e. The van der Waals surface area contributed by atoms with Gasteiger partial charge in [-0.1, -0.05) is 23.4 Å². The van der Waals surface area contributed by atoms with Crippen molar-refractivity contribution in [1.29, 1.82) is 5.26 Å². The molecule has 0 fully saturated rings. The van der Waals surface area contributed by atoms with Crippen LogP contribution in [0.1, 0.15) is 5.56 Å². The van der Waals surface area contributed by atoms with Gasteiger partial charge < -0.3 is 14.5 Å². The van der Waals surface area contributed by atoms with Gasteiger partial charge in [-0.2, -0.15) is 18.4 Å². The molecule has 12 heteroatoms. The third kappa shape index (κ3) is 6.63. The maximum absolute atomic E-state index is 12.3. The van der Waals surface area contributed by atoms with E-state index in [-0.39, 0.29) is 33.9 Å². The van der Waals surface area contributed by atoms with Crippen molar-refractivity contribution in [2.75, 3.05) is 17.7 Å². The topological polar surface area (TPSA) is 101 Å². The maximum Gasteiger partial charge on any atom is 0.422 e. The number of thioether (sulfide) groups is 1. The number of amides is 1. The van der Waals surface area contributed by atoms with Gasteiger partial charge in [-0.05, 0) is 42.5 Å². The first-order chi connectivity index (χ1) is 14.7. The highest BCUT2D eigenvalue weighted by Gasteiger charge is 2.28. The summed E-state index contributed by atoms with van der Waals surface area (Å²) >= 11 is 6.83. The number of rotatable bonds is 7. The summed E-state index contributed by atoms with van der Waals surface area (Å²) in [4.78, 5) is 12.1. The SMILES string of the molecule is N#Cc1cc(NC(=O)CSc2nnc(-c3ccc(Cl)cc3)o2)ccc1OCC(F)(F)F. The van der Waals surface area contributed by atoms with E-state index >= 15 is 0 Å². The first-order valence-corrected chi connectivity index (χ1v) is 9.85. The number of nitriles is 1. The van der Waals surface area contributed by atoms with Crippen LogP contribution in [0.4, 0.5) is 18.9 Å². The Hall–Kier alpha value is -3.23. The predicted molar refractivity (Wildman–Crippen MR) is 107 cm³/mol. The zero-order valence-corrected chi connectivity index (χ0v) is 17.0. The smallest absolute Gasteiger partial charge is 0.422 e. The van der Waals surface area contributed by atoms with Crippen molar-refractivity contribution in [3.05, 3.63) is 53.1 Å². The summed E-state index contributed by atoms with van der Waals surface area (Å²) in [6.07, 6.45) is -4.53. The van der Waals surface area contributed by atoms with Crippen LogP contribution in [0.3, 0.4) is 0 Å². The minimum Gasteiger partial charge on any atom is -0.483 e. The first kappa shape index (κ1) is 22.5. The molecular formula is C19H12ClF3N4O3S. The van der Waals surface area contributed by atoms with Crippen LogP contribution in [0, 0.1) is 11.3 Å². The maximum atomic E-state index is 12.3. The molecule has 1 heterocycles. The van der Waals surface area contributed by atoms with Crippen LogP contribution < -0.4 is 10.1 Å². The third-order valence-corrected chi connectivity index (χ3v) is 4.67. The van der Waals surface area contributed by atoms with Crippen LogP contribution in [-0.4, -0.2) is 34.6 Å². The van der Waals surface area contributed by atoms with Gasteiger partial charge in [-0.3, -0.25) is 4.79 Å². The average molecular weight is 469 g/mol. The molecule has 3 rings (SSSR count). The lowest BCUT2D eigenvalue weighted by Gasteiger charge is -2.11. The Bertz CT molecular complexity index is 1110. The van der Waals surface area contributed by atoms with Crippen molar-refractivity contribution in [3.8, 4) is 23.3 Å². The molecule has 160 valence electrons. The predicted octanol–water partition coefficient (Wildman–Crippen LogP) is 4.93. The Morgan fingerprint density at radius 3 is 2.65 bits per heavy atom. The van der Waals surface area contributed by atoms with Crippen LogP contribution in [0.5, 0.6) is 5.75 Å². The highest BCUT2D eigenvalue weighted by molar-refractivity contribution is 7.99. The lowest BCUT2D eigenvalue weighted by molar-refractivity contribution is -0.153. The highest BCUT2D eigenvalue weighted by atomic mass is 35.5. The van der Waals surface area contributed by atoms with E-state index in [0.29, 0.717) is 10.6 Å². The minimum absolute atomic E-state index is 0.0730. The fourth-order valence-electron chi connectivity index (χ4n) is 2.28. The number of carbonyl (C=O) groups is 1. The lowest BCUT2D eigenvalue weighted by Crippen LogP contribution is -2.19. The molecule has 0 unspecified atom stereocenters. The van der Waals surface area contributed by atoms with Crippen molar-refractivity contribution in [3.63, 3.8) is 0 Å². The van der Waals surface area contributed by atoms with Gasteiger partial charge in [-0.25, -0.2) is 0 Å². The molecule has 0 aliphatic carbocycles. The molecule has 7 nitrogen and oxygen atoms in total. The van der Waals surface area contributed by atoms with Gasteiger partial charge in [0.15, 0.2) is 6.61 Å². The number of anilines is 1. The second kappa shape index (κ2) is 9.72. The van der Waals surface area contributed by atoms with Gasteiger partial charge >= 0.3 is 6.18 Å². The number of hydrogen-bond donors (Lipinski definition) is 1. The molecule has 0 spiro atoms. The summed E-state index contributed by atoms with van der Waals surface area (Å²) in [6.45, 7) is -1.52. The fourth-order valence-corrected chi connectivity index (χ4v) is 2.97. The number of halogens is 4. The van der Waals surface area contributed by atoms with Crippen molar-refractivity contribution < 1.29 is 27.1 Å². The molecule has 31 heavy (non-hydrogen) atoms. The molecule has 0 bridgehead atoms. The van der Waals surface area contributed by atoms with Crippen molar-refractivity contribution >= 4 is 35.0 Å². The molecule has 0 atom stereocenters. The van der Waals surface area contributed by atoms with Crippen LogP contribution in [0.25, 0.3) is 11.5 Å². The van der Waals surface area contributed by atoms with Crippen LogP contribution in [0.2, 0.25) is 5.02 Å².